The first-order valence-corrected chi connectivity index (χ1v) is 4.52. The van der Waals surface area contributed by atoms with Gasteiger partial charge in [-0.25, -0.2) is 4.79 Å². The summed E-state index contributed by atoms with van der Waals surface area (Å²) in [5, 5.41) is 10.3. The van der Waals surface area contributed by atoms with Crippen LogP contribution in [0, 0.1) is 5.41 Å². The Balaban J connectivity index is 4.03. The van der Waals surface area contributed by atoms with Crippen molar-refractivity contribution < 1.29 is 4.79 Å². The Morgan fingerprint density at radius 3 is 2.46 bits per heavy atom. The zero-order valence-corrected chi connectivity index (χ0v) is 8.26. The van der Waals surface area contributed by atoms with Gasteiger partial charge < -0.3 is 11.1 Å². The minimum Gasteiger partial charge on any atom is -0.356 e. The molecule has 0 aromatic heterocycles. The molecule has 0 rings (SSSR count). The standard InChI is InChI=1S/C8H18N4O/c1-3-5-11-7(9)12(6-4-2)8(10)13/h3-6H2,1-2H3,(H2,9,11)(H2,10,13). The predicted molar refractivity (Wildman–Crippen MR) is 52.6 cm³/mol. The van der Waals surface area contributed by atoms with Gasteiger partial charge in [-0.05, 0) is 12.8 Å². The van der Waals surface area contributed by atoms with Crippen LogP contribution in [0.25, 0.3) is 0 Å². The maximum absolute atomic E-state index is 10.9. The SMILES string of the molecule is CCCNC(=N)N(CCC)C(N)=O. The number of nitrogens with two attached hydrogens (primary N) is 1. The smallest absolute Gasteiger partial charge is 0.321 e. The van der Waals surface area contributed by atoms with Gasteiger partial charge in [0.25, 0.3) is 0 Å². The van der Waals surface area contributed by atoms with E-state index in [4.69, 9.17) is 11.1 Å². The second-order valence-corrected chi connectivity index (χ2v) is 2.77. The van der Waals surface area contributed by atoms with E-state index < -0.39 is 6.03 Å². The molecule has 76 valence electrons. The number of hydrogen-bond acceptors (Lipinski definition) is 2. The van der Waals surface area contributed by atoms with E-state index in [0.717, 1.165) is 12.8 Å². The number of nitrogens with zero attached hydrogens (tertiary/aromatic N) is 1. The molecule has 0 fully saturated rings. The van der Waals surface area contributed by atoms with Crippen LogP contribution in [-0.2, 0) is 0 Å². The second kappa shape index (κ2) is 6.28. The number of guanidine groups is 1. The van der Waals surface area contributed by atoms with E-state index in [9.17, 15) is 4.79 Å². The van der Waals surface area contributed by atoms with E-state index in [0.29, 0.717) is 13.1 Å². The molecule has 0 spiro atoms. The summed E-state index contributed by atoms with van der Waals surface area (Å²) in [6.07, 6.45) is 1.71. The van der Waals surface area contributed by atoms with Crippen LogP contribution in [-0.4, -0.2) is 30.0 Å². The Morgan fingerprint density at radius 1 is 1.46 bits per heavy atom. The Morgan fingerprint density at radius 2 is 2.08 bits per heavy atom. The lowest BCUT2D eigenvalue weighted by molar-refractivity contribution is 0.228. The van der Waals surface area contributed by atoms with Crippen LogP contribution in [0.2, 0.25) is 0 Å². The quantitative estimate of drug-likeness (QED) is 0.446. The van der Waals surface area contributed by atoms with Crippen molar-refractivity contribution in [2.24, 2.45) is 5.73 Å². The lowest BCUT2D eigenvalue weighted by Gasteiger charge is -2.20. The lowest BCUT2D eigenvalue weighted by Crippen LogP contribution is -2.47. The Kier molecular flexibility index (Phi) is 5.67. The summed E-state index contributed by atoms with van der Waals surface area (Å²) in [4.78, 5) is 12.1. The van der Waals surface area contributed by atoms with Gasteiger partial charge in [-0.1, -0.05) is 13.8 Å². The summed E-state index contributed by atoms with van der Waals surface area (Å²) >= 11 is 0. The highest BCUT2D eigenvalue weighted by Gasteiger charge is 2.12. The largest absolute Gasteiger partial charge is 0.356 e. The summed E-state index contributed by atoms with van der Waals surface area (Å²) in [6.45, 7) is 5.11. The van der Waals surface area contributed by atoms with Crippen molar-refractivity contribution in [1.82, 2.24) is 10.2 Å². The average molecular weight is 186 g/mol. The molecule has 0 aliphatic rings. The predicted octanol–water partition coefficient (Wildman–Crippen LogP) is 0.711. The molecule has 0 saturated carbocycles. The van der Waals surface area contributed by atoms with Crippen molar-refractivity contribution >= 4 is 12.0 Å². The van der Waals surface area contributed by atoms with Crippen molar-refractivity contribution in [3.8, 4) is 0 Å². The van der Waals surface area contributed by atoms with Crippen LogP contribution in [0.5, 0.6) is 0 Å². The number of urea groups is 1. The first-order chi connectivity index (χ1) is 6.13. The number of carbonyl (C=O) groups is 1. The first kappa shape index (κ1) is 11.7. The zero-order chi connectivity index (χ0) is 10.3. The molecular formula is C8H18N4O. The van der Waals surface area contributed by atoms with Gasteiger partial charge >= 0.3 is 6.03 Å². The molecule has 0 radical (unpaired) electrons. The molecule has 0 unspecified atom stereocenters. The van der Waals surface area contributed by atoms with Gasteiger partial charge in [0.15, 0.2) is 5.96 Å². The number of nitrogens with one attached hydrogen (secondary N) is 2. The number of hydrogen-bond donors (Lipinski definition) is 3. The van der Waals surface area contributed by atoms with Crippen LogP contribution in [0.15, 0.2) is 0 Å². The van der Waals surface area contributed by atoms with Gasteiger partial charge in [0.2, 0.25) is 0 Å². The molecule has 0 heterocycles. The van der Waals surface area contributed by atoms with Gasteiger partial charge in [-0.2, -0.15) is 0 Å². The minimum atomic E-state index is -0.574. The van der Waals surface area contributed by atoms with Gasteiger partial charge in [0.1, 0.15) is 0 Å². The summed E-state index contributed by atoms with van der Waals surface area (Å²) in [6, 6.07) is -0.574. The van der Waals surface area contributed by atoms with Gasteiger partial charge in [0.05, 0.1) is 0 Å². The number of amides is 2. The number of primary amides is 1. The Labute approximate surface area is 78.8 Å². The molecule has 0 aliphatic carbocycles. The van der Waals surface area contributed by atoms with E-state index >= 15 is 0 Å². The maximum Gasteiger partial charge on any atom is 0.321 e. The molecule has 13 heavy (non-hydrogen) atoms. The van der Waals surface area contributed by atoms with Crippen molar-refractivity contribution in [2.45, 2.75) is 26.7 Å². The van der Waals surface area contributed by atoms with E-state index in [1.807, 2.05) is 13.8 Å². The highest BCUT2D eigenvalue weighted by atomic mass is 16.2. The Bertz CT molecular complexity index is 181. The molecule has 0 bridgehead atoms. The molecule has 5 nitrogen and oxygen atoms in total. The lowest BCUT2D eigenvalue weighted by atomic mass is 10.4. The molecule has 5 heteroatoms. The molecule has 0 atom stereocenters. The van der Waals surface area contributed by atoms with Crippen LogP contribution >= 0.6 is 0 Å². The normalized spacial score (nSPS) is 9.38. The number of rotatable bonds is 4. The van der Waals surface area contributed by atoms with Gasteiger partial charge in [-0.3, -0.25) is 10.3 Å². The van der Waals surface area contributed by atoms with Crippen molar-refractivity contribution in [3.63, 3.8) is 0 Å². The molecule has 0 aliphatic heterocycles. The maximum atomic E-state index is 10.9. The van der Waals surface area contributed by atoms with Crippen LogP contribution < -0.4 is 11.1 Å². The van der Waals surface area contributed by atoms with E-state index in [-0.39, 0.29) is 5.96 Å². The zero-order valence-electron chi connectivity index (χ0n) is 8.26. The molecule has 2 amide bonds. The third kappa shape index (κ3) is 4.35. The first-order valence-electron chi connectivity index (χ1n) is 4.52. The van der Waals surface area contributed by atoms with E-state index in [1.165, 1.54) is 4.90 Å². The summed E-state index contributed by atoms with van der Waals surface area (Å²) in [5.74, 6) is 0.0937. The Hall–Kier alpha value is -1.26. The third-order valence-corrected chi connectivity index (χ3v) is 1.53. The van der Waals surface area contributed by atoms with Gasteiger partial charge in [-0.15, -0.1) is 0 Å². The summed E-state index contributed by atoms with van der Waals surface area (Å²) < 4.78 is 0. The van der Waals surface area contributed by atoms with Crippen molar-refractivity contribution in [3.05, 3.63) is 0 Å². The third-order valence-electron chi connectivity index (χ3n) is 1.53. The van der Waals surface area contributed by atoms with Crippen LogP contribution in [0.1, 0.15) is 26.7 Å². The van der Waals surface area contributed by atoms with Crippen LogP contribution in [0.4, 0.5) is 4.79 Å². The molecule has 0 aromatic carbocycles. The minimum absolute atomic E-state index is 0.0937. The number of carbonyl (C=O) groups excluding carboxylic acids is 1. The van der Waals surface area contributed by atoms with E-state index in [1.54, 1.807) is 0 Å². The molecule has 4 N–H and O–H groups in total. The fraction of sp³-hybridized carbons (Fsp3) is 0.750. The molecular weight excluding hydrogens is 168 g/mol. The van der Waals surface area contributed by atoms with Gasteiger partial charge in [0, 0.05) is 13.1 Å². The fourth-order valence-corrected chi connectivity index (χ4v) is 0.895. The average Bonchev–Trinajstić information content (AvgIpc) is 2.09. The van der Waals surface area contributed by atoms with E-state index in [2.05, 4.69) is 5.32 Å². The van der Waals surface area contributed by atoms with Crippen LogP contribution in [0.3, 0.4) is 0 Å². The molecule has 0 aromatic rings. The topological polar surface area (TPSA) is 82.2 Å². The monoisotopic (exact) mass is 186 g/mol. The van der Waals surface area contributed by atoms with Crippen molar-refractivity contribution in [1.29, 1.82) is 5.41 Å². The highest BCUT2D eigenvalue weighted by molar-refractivity contribution is 5.93. The fourth-order valence-electron chi connectivity index (χ4n) is 0.895. The molecule has 0 saturated heterocycles. The van der Waals surface area contributed by atoms with Crippen molar-refractivity contribution in [2.75, 3.05) is 13.1 Å². The summed E-state index contributed by atoms with van der Waals surface area (Å²) in [7, 11) is 0. The summed E-state index contributed by atoms with van der Waals surface area (Å²) in [5.41, 5.74) is 5.10. The highest BCUT2D eigenvalue weighted by Crippen LogP contribution is 1.90. The second-order valence-electron chi connectivity index (χ2n) is 2.77.